The number of rotatable bonds is 4. The van der Waals surface area contributed by atoms with E-state index in [0.717, 1.165) is 21.0 Å². The van der Waals surface area contributed by atoms with Gasteiger partial charge in [-0.1, -0.05) is 23.7 Å². The van der Waals surface area contributed by atoms with E-state index in [1.54, 1.807) is 49.1 Å². The lowest BCUT2D eigenvalue weighted by atomic mass is 10.1. The summed E-state index contributed by atoms with van der Waals surface area (Å²) in [4.78, 5) is 16.9. The van der Waals surface area contributed by atoms with E-state index in [1.165, 1.54) is 11.3 Å². The summed E-state index contributed by atoms with van der Waals surface area (Å²) in [6.45, 7) is 0. The average molecular weight is 369 g/mol. The van der Waals surface area contributed by atoms with Gasteiger partial charge in [-0.3, -0.25) is 4.98 Å². The summed E-state index contributed by atoms with van der Waals surface area (Å²) >= 11 is 7.42. The monoisotopic (exact) mass is 368 g/mol. The van der Waals surface area contributed by atoms with Crippen molar-refractivity contribution in [1.29, 1.82) is 0 Å². The molecule has 7 heteroatoms. The highest BCUT2D eigenvalue weighted by Gasteiger charge is 2.23. The molecule has 0 radical (unpaired) electrons. The van der Waals surface area contributed by atoms with Gasteiger partial charge in [0.25, 0.3) is 0 Å². The van der Waals surface area contributed by atoms with Crippen LogP contribution in [0.4, 0.5) is 0 Å². The predicted octanol–water partition coefficient (Wildman–Crippen LogP) is 4.33. The Bertz CT molecular complexity index is 968. The second kappa shape index (κ2) is 6.76. The first-order chi connectivity index (χ1) is 12.2. The van der Waals surface area contributed by atoms with Gasteiger partial charge in [-0.05, 0) is 29.8 Å². The molecule has 1 atom stereocenters. The molecule has 0 aliphatic heterocycles. The Balaban J connectivity index is 1.82. The molecule has 4 aromatic rings. The van der Waals surface area contributed by atoms with E-state index in [-0.39, 0.29) is 0 Å². The largest absolute Gasteiger partial charge is 0.382 e. The summed E-state index contributed by atoms with van der Waals surface area (Å²) < 4.78 is 0. The Kier molecular flexibility index (Phi) is 4.31. The van der Waals surface area contributed by atoms with Crippen LogP contribution < -0.4 is 0 Å². The van der Waals surface area contributed by atoms with Crippen LogP contribution in [0.3, 0.4) is 0 Å². The Morgan fingerprint density at radius 3 is 2.48 bits per heavy atom. The molecule has 1 aromatic carbocycles. The molecule has 0 fully saturated rings. The van der Waals surface area contributed by atoms with E-state index in [0.29, 0.717) is 16.5 Å². The van der Waals surface area contributed by atoms with Gasteiger partial charge in [-0.2, -0.15) is 0 Å². The van der Waals surface area contributed by atoms with Crippen LogP contribution in [0, 0.1) is 0 Å². The number of nitrogens with zero attached hydrogens (tertiary/aromatic N) is 3. The summed E-state index contributed by atoms with van der Waals surface area (Å²) in [5, 5.41) is 12.3. The molecule has 4 rings (SSSR count). The Labute approximate surface area is 153 Å². The molecule has 0 aliphatic rings. The van der Waals surface area contributed by atoms with Gasteiger partial charge in [0.05, 0.1) is 10.6 Å². The number of aromatic amines is 1. The fraction of sp³-hybridized carbons (Fsp3) is 0.0556. The highest BCUT2D eigenvalue weighted by Crippen LogP contribution is 2.38. The van der Waals surface area contributed by atoms with E-state index < -0.39 is 6.10 Å². The smallest absolute Gasteiger partial charge is 0.149 e. The summed E-state index contributed by atoms with van der Waals surface area (Å²) in [5.41, 5.74) is 2.24. The van der Waals surface area contributed by atoms with E-state index in [1.807, 2.05) is 12.1 Å². The summed E-state index contributed by atoms with van der Waals surface area (Å²) in [6.07, 6.45) is 6.00. The molecule has 2 N–H and O–H groups in total. The van der Waals surface area contributed by atoms with Gasteiger partial charge in [-0.25, -0.2) is 9.97 Å². The molecule has 3 heterocycles. The fourth-order valence-corrected chi connectivity index (χ4v) is 3.68. The molecule has 0 bridgehead atoms. The van der Waals surface area contributed by atoms with Crippen LogP contribution in [-0.2, 0) is 0 Å². The maximum atomic E-state index is 10.9. The van der Waals surface area contributed by atoms with Crippen molar-refractivity contribution in [2.45, 2.75) is 6.10 Å². The lowest BCUT2D eigenvalue weighted by Crippen LogP contribution is -2.02. The standard InChI is InChI=1S/C18H13ClN4OS/c19-13-3-1-11(2-4-13)15(24)14-16(17-21-9-10-22-17)25-18(23-14)12-5-7-20-8-6-12/h1-10,15,24H,(H,21,22). The predicted molar refractivity (Wildman–Crippen MR) is 98.4 cm³/mol. The van der Waals surface area contributed by atoms with Crippen molar-refractivity contribution in [3.05, 3.63) is 77.5 Å². The van der Waals surface area contributed by atoms with Crippen molar-refractivity contribution in [3.63, 3.8) is 0 Å². The number of H-pyrrole nitrogens is 1. The summed E-state index contributed by atoms with van der Waals surface area (Å²) in [7, 11) is 0. The molecule has 1 unspecified atom stereocenters. The Hall–Kier alpha value is -2.54. The van der Waals surface area contributed by atoms with Crippen molar-refractivity contribution in [1.82, 2.24) is 19.9 Å². The van der Waals surface area contributed by atoms with Crippen LogP contribution in [0.1, 0.15) is 17.4 Å². The number of hydrogen-bond acceptors (Lipinski definition) is 5. The molecule has 0 aliphatic carbocycles. The minimum absolute atomic E-state index is 0.564. The van der Waals surface area contributed by atoms with Gasteiger partial charge >= 0.3 is 0 Å². The van der Waals surface area contributed by atoms with Crippen molar-refractivity contribution in [3.8, 4) is 21.3 Å². The molecule has 5 nitrogen and oxygen atoms in total. The number of pyridine rings is 1. The topological polar surface area (TPSA) is 74.7 Å². The summed E-state index contributed by atoms with van der Waals surface area (Å²) in [5.74, 6) is 0.681. The van der Waals surface area contributed by atoms with Crippen molar-refractivity contribution >= 4 is 22.9 Å². The first kappa shape index (κ1) is 16.0. The molecule has 0 spiro atoms. The number of hydrogen-bond donors (Lipinski definition) is 2. The minimum Gasteiger partial charge on any atom is -0.382 e. The van der Waals surface area contributed by atoms with E-state index >= 15 is 0 Å². The Morgan fingerprint density at radius 1 is 1.04 bits per heavy atom. The first-order valence-corrected chi connectivity index (χ1v) is 8.76. The van der Waals surface area contributed by atoms with Gasteiger partial charge in [0, 0.05) is 35.4 Å². The molecular weight excluding hydrogens is 356 g/mol. The number of halogens is 1. The van der Waals surface area contributed by atoms with Crippen molar-refractivity contribution < 1.29 is 5.11 Å². The van der Waals surface area contributed by atoms with Gasteiger partial charge in [-0.15, -0.1) is 11.3 Å². The van der Waals surface area contributed by atoms with Crippen LogP contribution in [0.2, 0.25) is 5.02 Å². The van der Waals surface area contributed by atoms with Gasteiger partial charge < -0.3 is 10.1 Å². The fourth-order valence-electron chi connectivity index (χ4n) is 2.50. The number of aliphatic hydroxyl groups is 1. The molecule has 0 saturated heterocycles. The molecule has 0 amide bonds. The molecule has 0 saturated carbocycles. The van der Waals surface area contributed by atoms with Crippen LogP contribution >= 0.6 is 22.9 Å². The van der Waals surface area contributed by atoms with Crippen LogP contribution in [0.25, 0.3) is 21.3 Å². The maximum Gasteiger partial charge on any atom is 0.149 e. The highest BCUT2D eigenvalue weighted by atomic mass is 35.5. The number of aliphatic hydroxyl groups excluding tert-OH is 1. The van der Waals surface area contributed by atoms with Crippen LogP contribution in [0.15, 0.2) is 61.2 Å². The third kappa shape index (κ3) is 3.19. The quantitative estimate of drug-likeness (QED) is 0.562. The van der Waals surface area contributed by atoms with E-state index in [2.05, 4.69) is 19.9 Å². The highest BCUT2D eigenvalue weighted by molar-refractivity contribution is 7.18. The van der Waals surface area contributed by atoms with Gasteiger partial charge in [0.2, 0.25) is 0 Å². The SMILES string of the molecule is OC(c1ccc(Cl)cc1)c1nc(-c2ccncc2)sc1-c1ncc[nH]1. The summed E-state index contributed by atoms with van der Waals surface area (Å²) in [6, 6.07) is 10.9. The lowest BCUT2D eigenvalue weighted by molar-refractivity contribution is 0.216. The normalized spacial score (nSPS) is 12.2. The zero-order valence-electron chi connectivity index (χ0n) is 12.9. The number of benzene rings is 1. The third-order valence-electron chi connectivity index (χ3n) is 3.74. The maximum absolute atomic E-state index is 10.9. The molecule has 124 valence electrons. The first-order valence-electron chi connectivity index (χ1n) is 7.57. The zero-order valence-corrected chi connectivity index (χ0v) is 14.5. The number of nitrogens with one attached hydrogen (secondary N) is 1. The van der Waals surface area contributed by atoms with Crippen molar-refractivity contribution in [2.75, 3.05) is 0 Å². The number of imidazole rings is 1. The number of aromatic nitrogens is 4. The molecule has 25 heavy (non-hydrogen) atoms. The molecular formula is C18H13ClN4OS. The lowest BCUT2D eigenvalue weighted by Gasteiger charge is -2.10. The number of thiazole rings is 1. The van der Waals surface area contributed by atoms with Crippen LogP contribution in [-0.4, -0.2) is 25.0 Å². The Morgan fingerprint density at radius 2 is 1.80 bits per heavy atom. The van der Waals surface area contributed by atoms with Crippen molar-refractivity contribution in [2.24, 2.45) is 0 Å². The second-order valence-electron chi connectivity index (χ2n) is 5.36. The van der Waals surface area contributed by atoms with Gasteiger partial charge in [0.15, 0.2) is 0 Å². The molecule has 3 aromatic heterocycles. The van der Waals surface area contributed by atoms with E-state index in [4.69, 9.17) is 11.6 Å². The van der Waals surface area contributed by atoms with E-state index in [9.17, 15) is 5.11 Å². The minimum atomic E-state index is -0.871. The third-order valence-corrected chi connectivity index (χ3v) is 5.12. The van der Waals surface area contributed by atoms with Gasteiger partial charge in [0.1, 0.15) is 16.9 Å². The van der Waals surface area contributed by atoms with Crippen LogP contribution in [0.5, 0.6) is 0 Å². The second-order valence-corrected chi connectivity index (χ2v) is 6.80. The zero-order chi connectivity index (χ0) is 17.2. The average Bonchev–Trinajstić information content (AvgIpc) is 3.32.